The van der Waals surface area contributed by atoms with Crippen LogP contribution >= 0.6 is 0 Å². The van der Waals surface area contributed by atoms with Crippen LogP contribution in [0.1, 0.15) is 12.5 Å². The lowest BCUT2D eigenvalue weighted by molar-refractivity contribution is 0.348. The minimum atomic E-state index is -4.05. The van der Waals surface area contributed by atoms with Gasteiger partial charge in [-0.2, -0.15) is 4.98 Å². The van der Waals surface area contributed by atoms with Crippen molar-refractivity contribution in [2.45, 2.75) is 6.92 Å². The zero-order valence-electron chi connectivity index (χ0n) is 19.7. The first-order valence-corrected chi connectivity index (χ1v) is 12.3. The number of anilines is 1. The van der Waals surface area contributed by atoms with Gasteiger partial charge in [-0.3, -0.25) is 4.72 Å². The van der Waals surface area contributed by atoms with Crippen molar-refractivity contribution in [2.24, 2.45) is 0 Å². The van der Waals surface area contributed by atoms with Crippen molar-refractivity contribution in [3.63, 3.8) is 0 Å². The summed E-state index contributed by atoms with van der Waals surface area (Å²) in [6.07, 6.45) is 3.04. The summed E-state index contributed by atoms with van der Waals surface area (Å²) in [5.74, 6) is 0.700. The monoisotopic (exact) mass is 505 g/mol. The highest BCUT2D eigenvalue weighted by Gasteiger charge is 2.24. The second-order valence-corrected chi connectivity index (χ2v) is 8.90. The minimum absolute atomic E-state index is 0.0279. The van der Waals surface area contributed by atoms with Gasteiger partial charge in [0.25, 0.3) is 15.9 Å². The van der Waals surface area contributed by atoms with E-state index < -0.39 is 10.0 Å². The van der Waals surface area contributed by atoms with E-state index in [9.17, 15) is 8.42 Å². The Bertz CT molecular complexity index is 1480. The van der Waals surface area contributed by atoms with Gasteiger partial charge in [0.15, 0.2) is 23.1 Å². The molecule has 0 spiro atoms. The predicted molar refractivity (Wildman–Crippen MR) is 135 cm³/mol. The Morgan fingerprint density at radius 3 is 2.17 bits per heavy atom. The van der Waals surface area contributed by atoms with E-state index >= 15 is 0 Å². The molecule has 11 heteroatoms. The molecule has 0 atom stereocenters. The van der Waals surface area contributed by atoms with Crippen molar-refractivity contribution in [1.82, 2.24) is 19.9 Å². The number of ether oxygens (including phenoxy) is 3. The smallest absolute Gasteiger partial charge is 0.263 e. The number of para-hydroxylation sites is 2. The van der Waals surface area contributed by atoms with E-state index in [1.807, 2.05) is 30.3 Å². The third-order valence-electron chi connectivity index (χ3n) is 4.87. The highest BCUT2D eigenvalue weighted by molar-refractivity contribution is 7.95. The van der Waals surface area contributed by atoms with Gasteiger partial charge in [0.1, 0.15) is 0 Å². The summed E-state index contributed by atoms with van der Waals surface area (Å²) in [7, 11) is -1.17. The molecule has 4 aromatic rings. The SMILES string of the molecule is COc1ccccc1Oc1c(NS(=O)(=O)C=C(C)c2ccccc2)nc(-c2ncccn2)nc1OC. The number of hydrogen-bond acceptors (Lipinski definition) is 9. The number of benzene rings is 2. The number of rotatable bonds is 9. The second-order valence-electron chi connectivity index (χ2n) is 7.37. The number of hydrogen-bond donors (Lipinski definition) is 1. The van der Waals surface area contributed by atoms with Crippen LogP contribution < -0.4 is 18.9 Å². The van der Waals surface area contributed by atoms with Crippen LogP contribution in [0.3, 0.4) is 0 Å². The molecule has 2 aromatic carbocycles. The highest BCUT2D eigenvalue weighted by Crippen LogP contribution is 2.40. The molecule has 0 saturated carbocycles. The van der Waals surface area contributed by atoms with Crippen molar-refractivity contribution in [1.29, 1.82) is 0 Å². The zero-order chi connectivity index (χ0) is 25.5. The predicted octanol–water partition coefficient (Wildman–Crippen LogP) is 4.55. The molecule has 0 fully saturated rings. The first-order valence-electron chi connectivity index (χ1n) is 10.7. The van der Waals surface area contributed by atoms with E-state index in [-0.39, 0.29) is 29.1 Å². The lowest BCUT2D eigenvalue weighted by Crippen LogP contribution is -2.14. The Balaban J connectivity index is 1.82. The number of nitrogens with one attached hydrogen (secondary N) is 1. The van der Waals surface area contributed by atoms with Crippen LogP contribution in [-0.2, 0) is 10.0 Å². The molecule has 2 aromatic heterocycles. The van der Waals surface area contributed by atoms with E-state index in [1.54, 1.807) is 37.3 Å². The summed E-state index contributed by atoms with van der Waals surface area (Å²) in [6.45, 7) is 1.70. The van der Waals surface area contributed by atoms with E-state index in [0.29, 0.717) is 17.1 Å². The first-order chi connectivity index (χ1) is 17.4. The first kappa shape index (κ1) is 24.6. The summed E-state index contributed by atoms with van der Waals surface area (Å²) < 4.78 is 45.6. The largest absolute Gasteiger partial charge is 0.493 e. The molecule has 0 amide bonds. The van der Waals surface area contributed by atoms with E-state index in [4.69, 9.17) is 14.2 Å². The average Bonchev–Trinajstić information content (AvgIpc) is 2.90. The summed E-state index contributed by atoms with van der Waals surface area (Å²) in [5, 5.41) is 1.11. The molecule has 0 aliphatic rings. The molecule has 10 nitrogen and oxygen atoms in total. The van der Waals surface area contributed by atoms with Gasteiger partial charge in [-0.1, -0.05) is 42.5 Å². The van der Waals surface area contributed by atoms with Gasteiger partial charge in [0, 0.05) is 12.4 Å². The van der Waals surface area contributed by atoms with Crippen LogP contribution in [0.4, 0.5) is 5.82 Å². The number of sulfonamides is 1. The molecule has 36 heavy (non-hydrogen) atoms. The number of methoxy groups -OCH3 is 2. The maximum absolute atomic E-state index is 13.2. The molecule has 0 bridgehead atoms. The molecule has 184 valence electrons. The van der Waals surface area contributed by atoms with Crippen molar-refractivity contribution < 1.29 is 22.6 Å². The molecule has 0 radical (unpaired) electrons. The Morgan fingerprint density at radius 2 is 1.50 bits per heavy atom. The topological polar surface area (TPSA) is 125 Å². The van der Waals surface area contributed by atoms with Gasteiger partial charge in [-0.15, -0.1) is 0 Å². The molecule has 2 heterocycles. The van der Waals surface area contributed by atoms with Crippen molar-refractivity contribution in [3.8, 4) is 34.8 Å². The summed E-state index contributed by atoms with van der Waals surface area (Å²) in [5.41, 5.74) is 1.29. The van der Waals surface area contributed by atoms with Crippen molar-refractivity contribution in [3.05, 3.63) is 84.0 Å². The van der Waals surface area contributed by atoms with Gasteiger partial charge < -0.3 is 14.2 Å². The maximum Gasteiger partial charge on any atom is 0.263 e. The normalized spacial score (nSPS) is 11.6. The summed E-state index contributed by atoms with van der Waals surface area (Å²) in [6, 6.07) is 17.6. The standard InChI is InChI=1S/C25H23N5O5S/c1-17(18-10-5-4-6-11-18)16-36(31,32)30-22-21(35-20-13-8-7-12-19(20)33-2)25(34-3)29-24(28-22)23-26-14-9-15-27-23/h4-16H,1-3H3,(H,28,29,30). The Kier molecular flexibility index (Phi) is 7.40. The third-order valence-corrected chi connectivity index (χ3v) is 6.02. The number of aromatic nitrogens is 4. The summed E-state index contributed by atoms with van der Waals surface area (Å²) in [4.78, 5) is 17.0. The number of nitrogens with zero attached hydrogens (tertiary/aromatic N) is 4. The van der Waals surface area contributed by atoms with E-state index in [2.05, 4.69) is 24.7 Å². The summed E-state index contributed by atoms with van der Waals surface area (Å²) >= 11 is 0. The highest BCUT2D eigenvalue weighted by atomic mass is 32.2. The molecule has 0 unspecified atom stereocenters. The van der Waals surface area contributed by atoms with Gasteiger partial charge in [0.05, 0.1) is 19.6 Å². The van der Waals surface area contributed by atoms with Crippen molar-refractivity contribution in [2.75, 3.05) is 18.9 Å². The van der Waals surface area contributed by atoms with Gasteiger partial charge >= 0.3 is 0 Å². The van der Waals surface area contributed by atoms with Crippen molar-refractivity contribution >= 4 is 21.4 Å². The Labute approximate surface area is 208 Å². The quantitative estimate of drug-likeness (QED) is 0.349. The lowest BCUT2D eigenvalue weighted by Gasteiger charge is -2.16. The minimum Gasteiger partial charge on any atom is -0.493 e. The zero-order valence-corrected chi connectivity index (χ0v) is 20.6. The van der Waals surface area contributed by atoms with Crippen LogP contribution in [0.2, 0.25) is 0 Å². The van der Waals surface area contributed by atoms with Crippen LogP contribution in [0.15, 0.2) is 78.5 Å². The molecular formula is C25H23N5O5S. The Hall–Kier alpha value is -4.51. The molecule has 0 saturated heterocycles. The third kappa shape index (κ3) is 5.76. The Morgan fingerprint density at radius 1 is 0.833 bits per heavy atom. The molecule has 4 rings (SSSR count). The number of allylic oxidation sites excluding steroid dienone is 1. The van der Waals surface area contributed by atoms with Crippen LogP contribution in [-0.4, -0.2) is 42.6 Å². The fourth-order valence-corrected chi connectivity index (χ4v) is 4.29. The fourth-order valence-electron chi connectivity index (χ4n) is 3.22. The van der Waals surface area contributed by atoms with Crippen LogP contribution in [0.25, 0.3) is 17.2 Å². The van der Waals surface area contributed by atoms with E-state index in [1.165, 1.54) is 26.6 Å². The molecule has 0 aliphatic carbocycles. The maximum atomic E-state index is 13.2. The lowest BCUT2D eigenvalue weighted by atomic mass is 10.1. The van der Waals surface area contributed by atoms with Gasteiger partial charge in [-0.25, -0.2) is 23.4 Å². The molecule has 0 aliphatic heterocycles. The van der Waals surface area contributed by atoms with Crippen LogP contribution in [0, 0.1) is 0 Å². The molecular weight excluding hydrogens is 482 g/mol. The fraction of sp³-hybridized carbons (Fsp3) is 0.120. The average molecular weight is 506 g/mol. The molecule has 1 N–H and O–H groups in total. The van der Waals surface area contributed by atoms with Crippen LogP contribution in [0.5, 0.6) is 23.1 Å². The van der Waals surface area contributed by atoms with Gasteiger partial charge in [0.2, 0.25) is 11.6 Å². The second kappa shape index (κ2) is 10.8. The van der Waals surface area contributed by atoms with Gasteiger partial charge in [-0.05, 0) is 36.3 Å². The van der Waals surface area contributed by atoms with E-state index in [0.717, 1.165) is 11.0 Å².